The van der Waals surface area contributed by atoms with E-state index in [-0.39, 0.29) is 23.8 Å². The second kappa shape index (κ2) is 27.2. The molecule has 6 atom stereocenters. The lowest BCUT2D eigenvalue weighted by molar-refractivity contribution is 0.0854. The topological polar surface area (TPSA) is 54.5 Å². The van der Waals surface area contributed by atoms with Gasteiger partial charge >= 0.3 is 0 Å². The molecule has 0 spiro atoms. The number of nitrogens with zero attached hydrogens (tertiary/aromatic N) is 1. The summed E-state index contributed by atoms with van der Waals surface area (Å²) in [6, 6.07) is 14.7. The van der Waals surface area contributed by atoms with Gasteiger partial charge in [-0.1, -0.05) is 186 Å². The Hall–Kier alpha value is -2.60. The van der Waals surface area contributed by atoms with Gasteiger partial charge in [-0.25, -0.2) is 12.7 Å². The van der Waals surface area contributed by atoms with Gasteiger partial charge in [-0.2, -0.15) is 0 Å². The minimum absolute atomic E-state index is 0.0921. The zero-order valence-electron chi connectivity index (χ0n) is 51.1. The molecule has 1 amide bonds. The van der Waals surface area contributed by atoms with Crippen LogP contribution in [0.3, 0.4) is 0 Å². The van der Waals surface area contributed by atoms with Crippen LogP contribution < -0.4 is 0 Å². The quantitative estimate of drug-likeness (QED) is 0.0408. The van der Waals surface area contributed by atoms with Gasteiger partial charge in [0.2, 0.25) is 0 Å². The molecule has 6 heterocycles. The van der Waals surface area contributed by atoms with Crippen LogP contribution in [-0.2, 0) is 33.7 Å². The lowest BCUT2D eigenvalue weighted by Gasteiger charge is -2.37. The molecule has 4 nitrogen and oxygen atoms in total. The second-order valence-electron chi connectivity index (χ2n) is 25.2. The molecule has 0 aliphatic carbocycles. The SMILES string of the molecule is CCCCC(CC)Cc1ccc(-c2c3cc(C(C)(CC=C(C)C)C(C)C(C)C)sc3c(-c3ccc(CC(CC)CCCC)s3)c3cc(-c4sc(C(C)(CC)CCC(C)C)c5c4C(=O)N(CC(CC)CCCC)S5(=O)=O)sc23)s1. The summed E-state index contributed by atoms with van der Waals surface area (Å²) in [7, 11) is -4.10. The van der Waals surface area contributed by atoms with Gasteiger partial charge in [-0.15, -0.1) is 56.7 Å². The van der Waals surface area contributed by atoms with E-state index in [0.717, 1.165) is 78.8 Å². The number of sulfonamides is 1. The summed E-state index contributed by atoms with van der Waals surface area (Å²) >= 11 is 9.40. The van der Waals surface area contributed by atoms with Crippen molar-refractivity contribution in [1.82, 2.24) is 4.31 Å². The third kappa shape index (κ3) is 13.3. The van der Waals surface area contributed by atoms with Crippen molar-refractivity contribution in [2.45, 2.75) is 242 Å². The molecule has 78 heavy (non-hydrogen) atoms. The first kappa shape index (κ1) is 63.0. The number of hydrogen-bond acceptors (Lipinski definition) is 8. The van der Waals surface area contributed by atoms with E-state index < -0.39 is 15.4 Å². The molecule has 5 aromatic heterocycles. The van der Waals surface area contributed by atoms with E-state index in [1.807, 2.05) is 34.0 Å². The normalized spacial score (nSPS) is 16.8. The maximum absolute atomic E-state index is 15.4. The van der Waals surface area contributed by atoms with Crippen LogP contribution in [0.5, 0.6) is 0 Å². The van der Waals surface area contributed by atoms with Crippen molar-refractivity contribution in [1.29, 1.82) is 0 Å². The number of hydrogen-bond donors (Lipinski definition) is 0. The Balaban J connectivity index is 1.59. The highest BCUT2D eigenvalue weighted by molar-refractivity contribution is 7.90. The molecule has 10 heteroatoms. The first-order chi connectivity index (χ1) is 37.1. The summed E-state index contributed by atoms with van der Waals surface area (Å²) in [5, 5.41) is 2.55. The highest BCUT2D eigenvalue weighted by Crippen LogP contribution is 2.59. The Kier molecular flexibility index (Phi) is 22.0. The molecule has 0 bridgehead atoms. The maximum atomic E-state index is 15.4. The van der Waals surface area contributed by atoms with Gasteiger partial charge in [-0.05, 0) is 124 Å². The number of unbranched alkanes of at least 4 members (excludes halogenated alkanes) is 3. The van der Waals surface area contributed by atoms with Gasteiger partial charge < -0.3 is 0 Å². The van der Waals surface area contributed by atoms with E-state index in [1.54, 1.807) is 22.7 Å². The fraction of sp³-hybridized carbons (Fsp3) is 0.632. The minimum Gasteiger partial charge on any atom is -0.268 e. The summed E-state index contributed by atoms with van der Waals surface area (Å²) in [6.45, 7) is 37.2. The molecule has 0 N–H and O–H groups in total. The van der Waals surface area contributed by atoms with Crippen molar-refractivity contribution in [2.24, 2.45) is 35.5 Å². The number of carbonyl (C=O) groups excluding carboxylic acids is 1. The maximum Gasteiger partial charge on any atom is 0.270 e. The van der Waals surface area contributed by atoms with Crippen molar-refractivity contribution in [2.75, 3.05) is 6.54 Å². The summed E-state index contributed by atoms with van der Waals surface area (Å²) in [5.41, 5.74) is 3.88. The van der Waals surface area contributed by atoms with E-state index in [9.17, 15) is 0 Å². The van der Waals surface area contributed by atoms with Crippen molar-refractivity contribution >= 4 is 92.8 Å². The van der Waals surface area contributed by atoms with Gasteiger partial charge in [0.25, 0.3) is 15.9 Å². The van der Waals surface area contributed by atoms with Crippen LogP contribution in [0.4, 0.5) is 0 Å². The number of rotatable bonds is 31. The van der Waals surface area contributed by atoms with Crippen molar-refractivity contribution in [3.63, 3.8) is 0 Å². The third-order valence-electron chi connectivity index (χ3n) is 18.5. The summed E-state index contributed by atoms with van der Waals surface area (Å²) in [5.74, 6) is 2.51. The van der Waals surface area contributed by atoms with E-state index >= 15 is 13.2 Å². The van der Waals surface area contributed by atoms with Gasteiger partial charge in [0.15, 0.2) is 0 Å². The van der Waals surface area contributed by atoms with E-state index in [2.05, 4.69) is 153 Å². The predicted octanol–water partition coefficient (Wildman–Crippen LogP) is 23.2. The minimum atomic E-state index is -4.10. The number of benzene rings is 1. The van der Waals surface area contributed by atoms with Crippen LogP contribution in [0.1, 0.15) is 243 Å². The zero-order valence-corrected chi connectivity index (χ0v) is 56.0. The monoisotopic (exact) mass is 1170 g/mol. The number of thiophene rings is 5. The fourth-order valence-corrected chi connectivity index (χ4v) is 21.3. The van der Waals surface area contributed by atoms with Crippen LogP contribution in [-0.4, -0.2) is 25.2 Å². The molecule has 0 saturated heterocycles. The van der Waals surface area contributed by atoms with Crippen molar-refractivity contribution in [3.05, 3.63) is 73.1 Å². The first-order valence-electron chi connectivity index (χ1n) is 30.7. The summed E-state index contributed by atoms with van der Waals surface area (Å²) in [4.78, 5) is 25.4. The molecule has 7 rings (SSSR count). The lowest BCUT2D eigenvalue weighted by Crippen LogP contribution is -2.35. The van der Waals surface area contributed by atoms with E-state index in [4.69, 9.17) is 0 Å². The predicted molar refractivity (Wildman–Crippen MR) is 350 cm³/mol. The third-order valence-corrected chi connectivity index (χ3v) is 26.9. The first-order valence-corrected chi connectivity index (χ1v) is 36.3. The van der Waals surface area contributed by atoms with Crippen LogP contribution >= 0.6 is 56.7 Å². The van der Waals surface area contributed by atoms with Crippen LogP contribution in [0.2, 0.25) is 0 Å². The summed E-state index contributed by atoms with van der Waals surface area (Å²) in [6.07, 6.45) is 21.9. The molecular formula is C68H99NO3S6. The smallest absolute Gasteiger partial charge is 0.268 e. The van der Waals surface area contributed by atoms with Gasteiger partial charge in [0, 0.05) is 82.8 Å². The molecule has 1 aliphatic heterocycles. The fourth-order valence-electron chi connectivity index (χ4n) is 12.2. The molecule has 0 saturated carbocycles. The molecule has 430 valence electrons. The van der Waals surface area contributed by atoms with E-state index in [0.29, 0.717) is 40.0 Å². The molecule has 0 fully saturated rings. The van der Waals surface area contributed by atoms with Crippen LogP contribution in [0, 0.1) is 35.5 Å². The number of allylic oxidation sites excluding steroid dienone is 2. The molecule has 6 aromatic rings. The van der Waals surface area contributed by atoms with Crippen molar-refractivity contribution in [3.8, 4) is 30.6 Å². The Morgan fingerprint density at radius 1 is 0.641 bits per heavy atom. The van der Waals surface area contributed by atoms with E-state index in [1.165, 1.54) is 117 Å². The largest absolute Gasteiger partial charge is 0.270 e. The van der Waals surface area contributed by atoms with Gasteiger partial charge in [0.05, 0.1) is 10.4 Å². The zero-order chi connectivity index (χ0) is 56.9. The number of fused-ring (bicyclic) bond motifs is 3. The standard InChI is InChI=1S/C68H99NO3S6/c1-17-24-27-47(20-4)38-50-30-32-54(73-50)58-52-40-56(63-60-64(65(77-63)67(15,23-7)36-34-43(8)9)78(71,72)69(66(60)70)42-49(22-6)29-26-19-3)75-61(52)59(55-33-31-51(74-55)39-48(21-5)28-25-18-2)53-41-57(76-62(53)58)68(16,37-35-44(10)11)46(14)45(12)13/h30-33,35,40-41,43,45-49H,17-29,34,36-39,42H2,1-16H3. The lowest BCUT2D eigenvalue weighted by atomic mass is 9.69. The Morgan fingerprint density at radius 2 is 1.17 bits per heavy atom. The summed E-state index contributed by atoms with van der Waals surface area (Å²) < 4.78 is 34.7. The average Bonchev–Trinajstić information content (AvgIpc) is 4.35. The van der Waals surface area contributed by atoms with Crippen LogP contribution in [0.25, 0.3) is 50.8 Å². The number of amides is 1. The Bertz CT molecular complexity index is 2980. The molecule has 0 radical (unpaired) electrons. The average molecular weight is 1170 g/mol. The molecule has 6 unspecified atom stereocenters. The molecular weight excluding hydrogens is 1070 g/mol. The highest BCUT2D eigenvalue weighted by Gasteiger charge is 2.50. The van der Waals surface area contributed by atoms with Crippen LogP contribution in [0.15, 0.2) is 52.9 Å². The van der Waals surface area contributed by atoms with Crippen molar-refractivity contribution < 1.29 is 13.2 Å². The number of carbonyl (C=O) groups is 1. The Morgan fingerprint density at radius 3 is 1.65 bits per heavy atom. The van der Waals surface area contributed by atoms with Gasteiger partial charge in [-0.3, -0.25) is 4.79 Å². The van der Waals surface area contributed by atoms with Gasteiger partial charge in [0.1, 0.15) is 4.90 Å². The second-order valence-corrected chi connectivity index (χ2v) is 32.5. The Labute approximate surface area is 494 Å². The molecule has 1 aromatic carbocycles. The molecule has 1 aliphatic rings. The highest BCUT2D eigenvalue weighted by atomic mass is 32.2.